The number of carbonyl (C=O) groups is 1. The van der Waals surface area contributed by atoms with Crippen LogP contribution < -0.4 is 4.90 Å². The Bertz CT molecular complexity index is 979. The number of amides is 1. The summed E-state index contributed by atoms with van der Waals surface area (Å²) < 4.78 is 1.75. The Kier molecular flexibility index (Phi) is 4.00. The topological polar surface area (TPSA) is 51.0 Å². The number of hydrogen-bond acceptors (Lipinski definition) is 4. The van der Waals surface area contributed by atoms with Crippen molar-refractivity contribution in [2.45, 2.75) is 25.2 Å². The first-order valence-electron chi connectivity index (χ1n) is 8.41. The first-order chi connectivity index (χ1) is 12.1. The lowest BCUT2D eigenvalue weighted by molar-refractivity contribution is 0.0988. The number of rotatable bonds is 1. The summed E-state index contributed by atoms with van der Waals surface area (Å²) >= 11 is 1.82. The predicted octanol–water partition coefficient (Wildman–Crippen LogP) is 3.73. The minimum atomic E-state index is 0.0292. The van der Waals surface area contributed by atoms with Crippen molar-refractivity contribution in [2.75, 3.05) is 17.2 Å². The van der Waals surface area contributed by atoms with Gasteiger partial charge in [0.15, 0.2) is 5.65 Å². The van der Waals surface area contributed by atoms with Gasteiger partial charge in [0.25, 0.3) is 5.91 Å². The van der Waals surface area contributed by atoms with E-state index in [-0.39, 0.29) is 5.91 Å². The smallest absolute Gasteiger partial charge is 0.259 e. The zero-order valence-electron chi connectivity index (χ0n) is 14.6. The number of carbonyl (C=O) groups excluding carboxylic acids is 1. The molecule has 0 fully saturated rings. The van der Waals surface area contributed by atoms with Crippen molar-refractivity contribution in [1.82, 2.24) is 14.8 Å². The van der Waals surface area contributed by atoms with Crippen molar-refractivity contribution in [3.05, 3.63) is 47.3 Å². The zero-order chi connectivity index (χ0) is 17.6. The maximum atomic E-state index is 13.5. The maximum absolute atomic E-state index is 13.5. The molecule has 0 radical (unpaired) electrons. The number of aryl methyl sites for hydroxylation is 3. The second kappa shape index (κ2) is 6.19. The van der Waals surface area contributed by atoms with Crippen molar-refractivity contribution in [3.8, 4) is 0 Å². The molecule has 0 aliphatic carbocycles. The summed E-state index contributed by atoms with van der Waals surface area (Å²) in [7, 11) is 1.87. The first-order valence-corrected chi connectivity index (χ1v) is 9.39. The fourth-order valence-electron chi connectivity index (χ4n) is 3.42. The molecule has 0 unspecified atom stereocenters. The summed E-state index contributed by atoms with van der Waals surface area (Å²) in [5.41, 5.74) is 4.12. The number of thioether (sulfide) groups is 1. The summed E-state index contributed by atoms with van der Waals surface area (Å²) in [6.07, 6.45) is 0.977. The molecule has 1 aliphatic rings. The molecule has 3 heterocycles. The van der Waals surface area contributed by atoms with E-state index in [2.05, 4.69) is 16.1 Å². The van der Waals surface area contributed by atoms with Gasteiger partial charge in [-0.15, -0.1) is 11.8 Å². The highest BCUT2D eigenvalue weighted by Crippen LogP contribution is 2.35. The quantitative estimate of drug-likeness (QED) is 0.670. The van der Waals surface area contributed by atoms with E-state index in [1.165, 1.54) is 4.90 Å². The number of fused-ring (bicyclic) bond motifs is 2. The molecule has 6 heteroatoms. The number of pyridine rings is 1. The Balaban J connectivity index is 1.89. The van der Waals surface area contributed by atoms with Crippen molar-refractivity contribution in [3.63, 3.8) is 0 Å². The molecular formula is C19H20N4OS. The van der Waals surface area contributed by atoms with Gasteiger partial charge >= 0.3 is 0 Å². The highest BCUT2D eigenvalue weighted by atomic mass is 32.2. The molecule has 0 N–H and O–H groups in total. The summed E-state index contributed by atoms with van der Waals surface area (Å²) in [5, 5.41) is 5.32. The summed E-state index contributed by atoms with van der Waals surface area (Å²) in [6.45, 7) is 4.58. The van der Waals surface area contributed by atoms with Gasteiger partial charge < -0.3 is 4.90 Å². The molecule has 0 spiro atoms. The summed E-state index contributed by atoms with van der Waals surface area (Å²) in [6, 6.07) is 10.0. The molecule has 3 aromatic rings. The lowest BCUT2D eigenvalue weighted by Gasteiger charge is -2.23. The average molecular weight is 352 g/mol. The molecule has 0 saturated carbocycles. The van der Waals surface area contributed by atoms with Gasteiger partial charge in [0, 0.05) is 24.2 Å². The van der Waals surface area contributed by atoms with Gasteiger partial charge in [-0.3, -0.25) is 9.48 Å². The van der Waals surface area contributed by atoms with Crippen LogP contribution in [0.1, 0.15) is 28.2 Å². The van der Waals surface area contributed by atoms with Crippen LogP contribution in [-0.2, 0) is 7.05 Å². The minimum absolute atomic E-state index is 0.0292. The number of anilines is 1. The molecule has 4 rings (SSSR count). The van der Waals surface area contributed by atoms with Crippen LogP contribution in [0, 0.1) is 13.8 Å². The van der Waals surface area contributed by atoms with E-state index in [1.807, 2.05) is 61.8 Å². The Morgan fingerprint density at radius 3 is 2.88 bits per heavy atom. The predicted molar refractivity (Wildman–Crippen MR) is 101 cm³/mol. The highest BCUT2D eigenvalue weighted by molar-refractivity contribution is 7.99. The van der Waals surface area contributed by atoms with E-state index < -0.39 is 0 Å². The van der Waals surface area contributed by atoms with Crippen LogP contribution in [0.4, 0.5) is 5.69 Å². The van der Waals surface area contributed by atoms with E-state index >= 15 is 0 Å². The standard InChI is InChI=1S/C19H20N4OS/c1-12-11-14(17-13(2)21-22(3)18(17)20-12)19(24)23-9-6-10-25-16-8-5-4-7-15(16)23/h4-5,7-8,11H,6,9-10H2,1-3H3. The molecule has 1 aromatic carbocycles. The molecule has 1 amide bonds. The Labute approximate surface area is 151 Å². The van der Waals surface area contributed by atoms with Gasteiger partial charge in [0.2, 0.25) is 0 Å². The molecule has 128 valence electrons. The second-order valence-corrected chi connectivity index (χ2v) is 7.48. The number of benzene rings is 1. The zero-order valence-corrected chi connectivity index (χ0v) is 15.4. The van der Waals surface area contributed by atoms with Crippen LogP contribution in [0.25, 0.3) is 11.0 Å². The van der Waals surface area contributed by atoms with Gasteiger partial charge in [-0.05, 0) is 44.2 Å². The molecule has 2 aromatic heterocycles. The molecule has 1 aliphatic heterocycles. The van der Waals surface area contributed by atoms with E-state index in [1.54, 1.807) is 4.68 Å². The largest absolute Gasteiger partial charge is 0.307 e. The van der Waals surface area contributed by atoms with Gasteiger partial charge in [0.1, 0.15) is 0 Å². The van der Waals surface area contributed by atoms with Crippen molar-refractivity contribution in [2.24, 2.45) is 7.05 Å². The third-order valence-corrected chi connectivity index (χ3v) is 5.66. The lowest BCUT2D eigenvalue weighted by Crippen LogP contribution is -2.32. The normalized spacial score (nSPS) is 14.4. The van der Waals surface area contributed by atoms with Gasteiger partial charge in [-0.1, -0.05) is 12.1 Å². The fourth-order valence-corrected chi connectivity index (χ4v) is 4.42. The molecular weight excluding hydrogens is 332 g/mol. The molecule has 5 nitrogen and oxygen atoms in total. The minimum Gasteiger partial charge on any atom is -0.307 e. The summed E-state index contributed by atoms with van der Waals surface area (Å²) in [5.74, 6) is 1.05. The van der Waals surface area contributed by atoms with E-state index in [0.717, 1.165) is 46.8 Å². The van der Waals surface area contributed by atoms with Crippen molar-refractivity contribution >= 4 is 34.4 Å². The fraction of sp³-hybridized carbons (Fsp3) is 0.316. The highest BCUT2D eigenvalue weighted by Gasteiger charge is 2.26. The van der Waals surface area contributed by atoms with Crippen LogP contribution in [0.3, 0.4) is 0 Å². The molecule has 0 atom stereocenters. The van der Waals surface area contributed by atoms with E-state index in [9.17, 15) is 4.79 Å². The van der Waals surface area contributed by atoms with E-state index in [0.29, 0.717) is 5.56 Å². The molecule has 0 bridgehead atoms. The average Bonchev–Trinajstić information content (AvgIpc) is 2.78. The maximum Gasteiger partial charge on any atom is 0.259 e. The van der Waals surface area contributed by atoms with Crippen LogP contribution in [0.5, 0.6) is 0 Å². The lowest BCUT2D eigenvalue weighted by atomic mass is 10.1. The Hall–Kier alpha value is -2.34. The van der Waals surface area contributed by atoms with Gasteiger partial charge in [-0.25, -0.2) is 4.98 Å². The monoisotopic (exact) mass is 352 g/mol. The van der Waals surface area contributed by atoms with Gasteiger partial charge in [0.05, 0.1) is 22.3 Å². The number of hydrogen-bond donors (Lipinski definition) is 0. The third kappa shape index (κ3) is 2.70. The first kappa shape index (κ1) is 16.1. The number of nitrogens with zero attached hydrogens (tertiary/aromatic N) is 4. The van der Waals surface area contributed by atoms with Crippen molar-refractivity contribution < 1.29 is 4.79 Å². The Morgan fingerprint density at radius 1 is 1.24 bits per heavy atom. The SMILES string of the molecule is Cc1cc(C(=O)N2CCCSc3ccccc32)c2c(C)nn(C)c2n1. The van der Waals surface area contributed by atoms with Crippen LogP contribution in [0.15, 0.2) is 35.2 Å². The molecule has 25 heavy (non-hydrogen) atoms. The van der Waals surface area contributed by atoms with E-state index in [4.69, 9.17) is 0 Å². The number of aromatic nitrogens is 3. The van der Waals surface area contributed by atoms with Crippen LogP contribution >= 0.6 is 11.8 Å². The third-order valence-electron chi connectivity index (χ3n) is 4.51. The number of para-hydroxylation sites is 1. The van der Waals surface area contributed by atoms with Crippen molar-refractivity contribution in [1.29, 1.82) is 0 Å². The second-order valence-electron chi connectivity index (χ2n) is 6.35. The van der Waals surface area contributed by atoms with Crippen LogP contribution in [0.2, 0.25) is 0 Å². The summed E-state index contributed by atoms with van der Waals surface area (Å²) in [4.78, 5) is 21.1. The Morgan fingerprint density at radius 2 is 2.04 bits per heavy atom. The van der Waals surface area contributed by atoms with Gasteiger partial charge in [-0.2, -0.15) is 5.10 Å². The van der Waals surface area contributed by atoms with Crippen LogP contribution in [-0.4, -0.2) is 33.0 Å². The molecule has 0 saturated heterocycles.